The summed E-state index contributed by atoms with van der Waals surface area (Å²) >= 11 is 0. The van der Waals surface area contributed by atoms with Gasteiger partial charge in [-0.05, 0) is 37.2 Å². The molecule has 2 heterocycles. The fraction of sp³-hybridized carbons (Fsp3) is 0.556. The lowest BCUT2D eigenvalue weighted by atomic mass is 9.95. The molecule has 0 spiro atoms. The molecule has 7 nitrogen and oxygen atoms in total. The summed E-state index contributed by atoms with van der Waals surface area (Å²) in [5.41, 5.74) is 0.880. The summed E-state index contributed by atoms with van der Waals surface area (Å²) in [6.45, 7) is 7.19. The fourth-order valence-corrected chi connectivity index (χ4v) is 3.64. The summed E-state index contributed by atoms with van der Waals surface area (Å²) in [5.74, 6) is 0.810. The lowest BCUT2D eigenvalue weighted by molar-refractivity contribution is -0.384. The standard InChI is InChI=1S/C18H24N4O3/c1-11(2)16-7-4-12(3)8-9-21(16)18(23)17-14-10-13(22(24)25)5-6-15(14)19-20-17/h5-6,10-12,16H,4,7-9H2,1-3H3,(H,19,20). The van der Waals surface area contributed by atoms with E-state index in [-0.39, 0.29) is 23.3 Å². The molecule has 3 rings (SSSR count). The zero-order valence-corrected chi connectivity index (χ0v) is 14.9. The average Bonchev–Trinajstić information content (AvgIpc) is 2.89. The van der Waals surface area contributed by atoms with Gasteiger partial charge in [0.05, 0.1) is 10.4 Å². The Labute approximate surface area is 146 Å². The van der Waals surface area contributed by atoms with Crippen LogP contribution in [0.3, 0.4) is 0 Å². The molecule has 1 fully saturated rings. The summed E-state index contributed by atoms with van der Waals surface area (Å²) in [6, 6.07) is 4.61. The number of nitrogens with one attached hydrogen (secondary N) is 1. The van der Waals surface area contributed by atoms with Gasteiger partial charge in [-0.25, -0.2) is 0 Å². The minimum absolute atomic E-state index is 0.0344. The Hall–Kier alpha value is -2.44. The number of rotatable bonds is 3. The van der Waals surface area contributed by atoms with Gasteiger partial charge in [-0.2, -0.15) is 5.10 Å². The molecule has 1 N–H and O–H groups in total. The maximum atomic E-state index is 13.2. The van der Waals surface area contributed by atoms with Crippen LogP contribution in [-0.2, 0) is 0 Å². The van der Waals surface area contributed by atoms with Crippen LogP contribution in [-0.4, -0.2) is 38.5 Å². The largest absolute Gasteiger partial charge is 0.334 e. The number of carbonyl (C=O) groups excluding carboxylic acids is 1. The molecule has 1 amide bonds. The minimum Gasteiger partial charge on any atom is -0.334 e. The summed E-state index contributed by atoms with van der Waals surface area (Å²) in [7, 11) is 0. The molecular formula is C18H24N4O3. The van der Waals surface area contributed by atoms with Crippen LogP contribution in [0.25, 0.3) is 10.9 Å². The van der Waals surface area contributed by atoms with Gasteiger partial charge in [-0.15, -0.1) is 0 Å². The van der Waals surface area contributed by atoms with Crippen LogP contribution >= 0.6 is 0 Å². The molecule has 0 aliphatic carbocycles. The van der Waals surface area contributed by atoms with E-state index in [1.807, 2.05) is 4.90 Å². The fourth-order valence-electron chi connectivity index (χ4n) is 3.64. The normalized spacial score (nSPS) is 21.5. The van der Waals surface area contributed by atoms with E-state index in [1.165, 1.54) is 12.1 Å². The van der Waals surface area contributed by atoms with Crippen LogP contribution < -0.4 is 0 Å². The first-order valence-corrected chi connectivity index (χ1v) is 8.82. The van der Waals surface area contributed by atoms with Gasteiger partial charge < -0.3 is 4.90 Å². The van der Waals surface area contributed by atoms with Crippen molar-refractivity contribution in [2.45, 2.75) is 46.1 Å². The molecule has 1 aliphatic rings. The molecule has 2 atom stereocenters. The number of carbonyl (C=O) groups is 1. The molecule has 2 aromatic rings. The SMILES string of the molecule is CC1CCC(C(C)C)N(C(=O)c2n[nH]c3ccc([N+](=O)[O-])cc23)CC1. The van der Waals surface area contributed by atoms with Gasteiger partial charge in [0.25, 0.3) is 11.6 Å². The molecule has 1 aliphatic heterocycles. The number of hydrogen-bond acceptors (Lipinski definition) is 4. The molecule has 1 aromatic heterocycles. The van der Waals surface area contributed by atoms with Crippen molar-refractivity contribution >= 4 is 22.5 Å². The molecule has 134 valence electrons. The van der Waals surface area contributed by atoms with Crippen molar-refractivity contribution < 1.29 is 9.72 Å². The zero-order valence-electron chi connectivity index (χ0n) is 14.9. The quantitative estimate of drug-likeness (QED) is 0.678. The van der Waals surface area contributed by atoms with Gasteiger partial charge in [-0.1, -0.05) is 20.8 Å². The number of fused-ring (bicyclic) bond motifs is 1. The summed E-state index contributed by atoms with van der Waals surface area (Å²) in [5, 5.41) is 18.6. The molecule has 0 saturated carbocycles. The van der Waals surface area contributed by atoms with Crippen molar-refractivity contribution in [2.24, 2.45) is 11.8 Å². The summed E-state index contributed by atoms with van der Waals surface area (Å²) in [6.07, 6.45) is 3.06. The average molecular weight is 344 g/mol. The first-order valence-electron chi connectivity index (χ1n) is 8.82. The Morgan fingerprint density at radius 1 is 1.36 bits per heavy atom. The zero-order chi connectivity index (χ0) is 18.1. The number of H-pyrrole nitrogens is 1. The van der Waals surface area contributed by atoms with E-state index in [0.29, 0.717) is 29.3 Å². The molecule has 1 aromatic carbocycles. The van der Waals surface area contributed by atoms with Crippen molar-refractivity contribution in [1.29, 1.82) is 0 Å². The van der Waals surface area contributed by atoms with E-state index >= 15 is 0 Å². The van der Waals surface area contributed by atoms with Crippen molar-refractivity contribution in [1.82, 2.24) is 15.1 Å². The van der Waals surface area contributed by atoms with Gasteiger partial charge >= 0.3 is 0 Å². The molecule has 0 radical (unpaired) electrons. The summed E-state index contributed by atoms with van der Waals surface area (Å²) < 4.78 is 0. The van der Waals surface area contributed by atoms with E-state index in [4.69, 9.17) is 0 Å². The van der Waals surface area contributed by atoms with Crippen molar-refractivity contribution in [3.05, 3.63) is 34.0 Å². The van der Waals surface area contributed by atoms with Crippen molar-refractivity contribution in [2.75, 3.05) is 6.54 Å². The number of non-ortho nitro benzene ring substituents is 1. The van der Waals surface area contributed by atoms with Gasteiger partial charge in [0, 0.05) is 30.1 Å². The second-order valence-corrected chi connectivity index (χ2v) is 7.34. The number of benzene rings is 1. The monoisotopic (exact) mass is 344 g/mol. The third kappa shape index (κ3) is 3.36. The minimum atomic E-state index is -0.453. The van der Waals surface area contributed by atoms with Crippen molar-refractivity contribution in [3.8, 4) is 0 Å². The lowest BCUT2D eigenvalue weighted by Gasteiger charge is -2.32. The Balaban J connectivity index is 1.99. The predicted molar refractivity (Wildman–Crippen MR) is 95.4 cm³/mol. The highest BCUT2D eigenvalue weighted by Crippen LogP contribution is 2.29. The highest BCUT2D eigenvalue weighted by atomic mass is 16.6. The van der Waals surface area contributed by atoms with Crippen LogP contribution in [0.15, 0.2) is 18.2 Å². The highest BCUT2D eigenvalue weighted by molar-refractivity contribution is 6.05. The number of amides is 1. The second-order valence-electron chi connectivity index (χ2n) is 7.34. The number of hydrogen-bond donors (Lipinski definition) is 1. The molecule has 1 saturated heterocycles. The topological polar surface area (TPSA) is 92.1 Å². The number of aromatic nitrogens is 2. The van der Waals surface area contributed by atoms with Crippen LogP contribution in [0, 0.1) is 22.0 Å². The van der Waals surface area contributed by atoms with Gasteiger partial charge in [0.2, 0.25) is 0 Å². The van der Waals surface area contributed by atoms with E-state index in [1.54, 1.807) is 6.07 Å². The third-order valence-corrected chi connectivity index (χ3v) is 5.21. The Bertz CT molecular complexity index is 799. The first kappa shape index (κ1) is 17.4. The van der Waals surface area contributed by atoms with E-state index < -0.39 is 4.92 Å². The smallest absolute Gasteiger partial charge is 0.275 e. The van der Waals surface area contributed by atoms with Crippen LogP contribution in [0.4, 0.5) is 5.69 Å². The second kappa shape index (κ2) is 6.82. The number of nitrogens with zero attached hydrogens (tertiary/aromatic N) is 3. The highest BCUT2D eigenvalue weighted by Gasteiger charge is 2.32. The van der Waals surface area contributed by atoms with E-state index in [0.717, 1.165) is 19.3 Å². The molecule has 2 unspecified atom stereocenters. The molecule has 25 heavy (non-hydrogen) atoms. The maximum Gasteiger partial charge on any atom is 0.275 e. The first-order chi connectivity index (χ1) is 11.9. The number of nitro benzene ring substituents is 1. The Morgan fingerprint density at radius 2 is 2.12 bits per heavy atom. The van der Waals surface area contributed by atoms with Gasteiger partial charge in [0.15, 0.2) is 5.69 Å². The van der Waals surface area contributed by atoms with Crippen LogP contribution in [0.1, 0.15) is 50.5 Å². The third-order valence-electron chi connectivity index (χ3n) is 5.21. The van der Waals surface area contributed by atoms with Gasteiger partial charge in [-0.3, -0.25) is 20.0 Å². The van der Waals surface area contributed by atoms with E-state index in [2.05, 4.69) is 31.0 Å². The lowest BCUT2D eigenvalue weighted by Crippen LogP contribution is -2.43. The van der Waals surface area contributed by atoms with Crippen molar-refractivity contribution in [3.63, 3.8) is 0 Å². The maximum absolute atomic E-state index is 13.2. The molecule has 0 bridgehead atoms. The van der Waals surface area contributed by atoms with Gasteiger partial charge in [0.1, 0.15) is 0 Å². The predicted octanol–water partition coefficient (Wildman–Crippen LogP) is 3.76. The van der Waals surface area contributed by atoms with Crippen LogP contribution in [0.5, 0.6) is 0 Å². The number of likely N-dealkylation sites (tertiary alicyclic amines) is 1. The summed E-state index contributed by atoms with van der Waals surface area (Å²) in [4.78, 5) is 25.7. The number of nitro groups is 1. The van der Waals surface area contributed by atoms with E-state index in [9.17, 15) is 14.9 Å². The molecular weight excluding hydrogens is 320 g/mol. The Kier molecular flexibility index (Phi) is 4.74. The van der Waals surface area contributed by atoms with Crippen LogP contribution in [0.2, 0.25) is 0 Å². The molecule has 7 heteroatoms. The number of aromatic amines is 1. The Morgan fingerprint density at radius 3 is 2.80 bits per heavy atom.